The second kappa shape index (κ2) is 9.57. The summed E-state index contributed by atoms with van der Waals surface area (Å²) in [6.07, 6.45) is 0. The lowest BCUT2D eigenvalue weighted by atomic mass is 9.83. The van der Waals surface area contributed by atoms with Crippen LogP contribution in [-0.2, 0) is 10.2 Å². The summed E-state index contributed by atoms with van der Waals surface area (Å²) in [6, 6.07) is 4.04. The third kappa shape index (κ3) is 6.74. The molecule has 0 heterocycles. The van der Waals surface area contributed by atoms with Crippen molar-refractivity contribution in [3.8, 4) is 5.75 Å². The number of benzene rings is 1. The van der Waals surface area contributed by atoms with Gasteiger partial charge in [0.05, 0.1) is 0 Å². The van der Waals surface area contributed by atoms with Gasteiger partial charge in [0.2, 0.25) is 0 Å². The molecule has 0 saturated heterocycles. The highest BCUT2D eigenvalue weighted by molar-refractivity contribution is 5.70. The fourth-order valence-electron chi connectivity index (χ4n) is 2.13. The molecule has 0 bridgehead atoms. The van der Waals surface area contributed by atoms with Crippen LogP contribution in [0.25, 0.3) is 0 Å². The lowest BCUT2D eigenvalue weighted by molar-refractivity contribution is -0.131. The summed E-state index contributed by atoms with van der Waals surface area (Å²) in [5, 5.41) is 0. The Balaban J connectivity index is 0. The first-order valence-electron chi connectivity index (χ1n) is 7.52. The van der Waals surface area contributed by atoms with Gasteiger partial charge in [0.25, 0.3) is 0 Å². The Labute approximate surface area is 125 Å². The van der Waals surface area contributed by atoms with Crippen LogP contribution >= 0.6 is 0 Å². The van der Waals surface area contributed by atoms with Crippen molar-refractivity contribution in [3.63, 3.8) is 0 Å². The van der Waals surface area contributed by atoms with Crippen LogP contribution in [0.5, 0.6) is 5.75 Å². The summed E-state index contributed by atoms with van der Waals surface area (Å²) in [6.45, 7) is 19.9. The summed E-state index contributed by atoms with van der Waals surface area (Å²) < 4.78 is 5.29. The maximum atomic E-state index is 11.1. The first kappa shape index (κ1) is 21.0. The molecule has 0 atom stereocenters. The van der Waals surface area contributed by atoms with Gasteiger partial charge < -0.3 is 4.74 Å². The zero-order valence-corrected chi connectivity index (χ0v) is 15.0. The van der Waals surface area contributed by atoms with Gasteiger partial charge in [-0.05, 0) is 36.5 Å². The fraction of sp³-hybridized carbons (Fsp3) is 0.611. The minimum atomic E-state index is -0.268. The lowest BCUT2D eigenvalue weighted by Gasteiger charge is -2.25. The Morgan fingerprint density at radius 3 is 1.80 bits per heavy atom. The van der Waals surface area contributed by atoms with Crippen molar-refractivity contribution in [1.29, 1.82) is 0 Å². The van der Waals surface area contributed by atoms with Gasteiger partial charge in [0.15, 0.2) is 0 Å². The van der Waals surface area contributed by atoms with Gasteiger partial charge in [-0.2, -0.15) is 0 Å². The number of esters is 1. The van der Waals surface area contributed by atoms with Crippen LogP contribution in [-0.4, -0.2) is 5.97 Å². The van der Waals surface area contributed by atoms with Crippen molar-refractivity contribution in [2.75, 3.05) is 0 Å². The van der Waals surface area contributed by atoms with E-state index in [4.69, 9.17) is 4.74 Å². The van der Waals surface area contributed by atoms with Crippen molar-refractivity contribution in [3.05, 3.63) is 28.8 Å². The Bertz CT molecular complexity index is 412. The number of hydrogen-bond donors (Lipinski definition) is 0. The van der Waals surface area contributed by atoms with E-state index in [0.717, 1.165) is 11.1 Å². The second-order valence-electron chi connectivity index (χ2n) is 5.30. The predicted octanol–water partition coefficient (Wildman–Crippen LogP) is 5.58. The highest BCUT2D eigenvalue weighted by Gasteiger charge is 2.22. The smallest absolute Gasteiger partial charge is 0.308 e. The maximum absolute atomic E-state index is 11.1. The van der Waals surface area contributed by atoms with Gasteiger partial charge in [-0.15, -0.1) is 0 Å². The molecule has 0 amide bonds. The third-order valence-corrected chi connectivity index (χ3v) is 2.45. The van der Waals surface area contributed by atoms with Crippen molar-refractivity contribution < 1.29 is 9.53 Å². The van der Waals surface area contributed by atoms with Crippen LogP contribution < -0.4 is 4.74 Å². The molecule has 0 aliphatic carbocycles. The monoisotopic (exact) mass is 280 g/mol. The molecule has 0 aliphatic rings. The first-order chi connectivity index (χ1) is 9.21. The molecule has 0 unspecified atom stereocenters. The number of hydrogen-bond acceptors (Lipinski definition) is 2. The van der Waals surface area contributed by atoms with Crippen molar-refractivity contribution >= 4 is 5.97 Å². The molecular formula is C18H32O2. The Kier molecular flexibility index (Phi) is 10.0. The summed E-state index contributed by atoms with van der Waals surface area (Å²) >= 11 is 0. The van der Waals surface area contributed by atoms with Gasteiger partial charge in [0, 0.05) is 12.5 Å². The average molecular weight is 280 g/mol. The van der Waals surface area contributed by atoms with Crippen LogP contribution in [0.15, 0.2) is 12.1 Å². The second-order valence-corrected chi connectivity index (χ2v) is 5.30. The third-order valence-electron chi connectivity index (χ3n) is 2.45. The highest BCUT2D eigenvalue weighted by atomic mass is 16.5. The van der Waals surface area contributed by atoms with Gasteiger partial charge in [-0.25, -0.2) is 0 Å². The summed E-state index contributed by atoms with van der Waals surface area (Å²) in [5.74, 6) is 0.424. The van der Waals surface area contributed by atoms with Crippen LogP contribution in [0.4, 0.5) is 0 Å². The number of carbonyl (C=O) groups is 1. The normalized spacial score (nSPS) is 9.70. The van der Waals surface area contributed by atoms with E-state index in [1.807, 2.05) is 40.7 Å². The molecule has 0 fully saturated rings. The zero-order chi connectivity index (χ0) is 16.5. The Morgan fingerprint density at radius 2 is 1.45 bits per heavy atom. The molecule has 1 aromatic rings. The summed E-state index contributed by atoms with van der Waals surface area (Å²) in [5.41, 5.74) is 3.36. The van der Waals surface area contributed by atoms with E-state index in [1.165, 1.54) is 12.5 Å². The molecule has 0 aromatic heterocycles. The van der Waals surface area contributed by atoms with E-state index < -0.39 is 0 Å². The molecule has 1 rings (SSSR count). The van der Waals surface area contributed by atoms with E-state index in [-0.39, 0.29) is 11.4 Å². The van der Waals surface area contributed by atoms with Crippen LogP contribution in [0.3, 0.4) is 0 Å². The molecule has 20 heavy (non-hydrogen) atoms. The molecule has 0 radical (unpaired) electrons. The van der Waals surface area contributed by atoms with Crippen LogP contribution in [0.2, 0.25) is 0 Å². The number of ether oxygens (including phenoxy) is 1. The molecule has 116 valence electrons. The summed E-state index contributed by atoms with van der Waals surface area (Å²) in [7, 11) is 0. The molecule has 0 N–H and O–H groups in total. The Morgan fingerprint density at radius 1 is 1.00 bits per heavy atom. The molecule has 2 nitrogen and oxygen atoms in total. The largest absolute Gasteiger partial charge is 0.426 e. The highest BCUT2D eigenvalue weighted by Crippen LogP contribution is 2.35. The van der Waals surface area contributed by atoms with Gasteiger partial charge in [0.1, 0.15) is 5.75 Å². The maximum Gasteiger partial charge on any atom is 0.308 e. The number of carbonyl (C=O) groups excluding carboxylic acids is 1. The minimum absolute atomic E-state index is 0.0252. The average Bonchev–Trinajstić information content (AvgIpc) is 2.30. The molecule has 0 spiro atoms. The van der Waals surface area contributed by atoms with Crippen molar-refractivity contribution in [2.45, 2.75) is 74.7 Å². The van der Waals surface area contributed by atoms with E-state index in [2.05, 4.69) is 33.8 Å². The van der Waals surface area contributed by atoms with Gasteiger partial charge >= 0.3 is 5.97 Å². The van der Waals surface area contributed by atoms with Gasteiger partial charge in [-0.1, -0.05) is 54.5 Å². The molecule has 0 aliphatic heterocycles. The standard InChI is InChI=1S/C14H20O2.2C2H6/c1-9-7-10(2)13(14(4,5)6)12(8-9)16-11(3)15;2*1-2/h7-8H,1-6H3;2*1-2H3. The van der Waals surface area contributed by atoms with E-state index in [0.29, 0.717) is 5.75 Å². The zero-order valence-electron chi connectivity index (χ0n) is 15.0. The number of aryl methyl sites for hydroxylation is 2. The Hall–Kier alpha value is -1.31. The molecule has 2 heteroatoms. The van der Waals surface area contributed by atoms with Gasteiger partial charge in [-0.3, -0.25) is 4.79 Å². The number of rotatable bonds is 1. The van der Waals surface area contributed by atoms with E-state index in [1.54, 1.807) is 0 Å². The fourth-order valence-corrected chi connectivity index (χ4v) is 2.13. The first-order valence-corrected chi connectivity index (χ1v) is 7.52. The lowest BCUT2D eigenvalue weighted by Crippen LogP contribution is -2.17. The summed E-state index contributed by atoms with van der Waals surface area (Å²) in [4.78, 5) is 11.1. The van der Waals surface area contributed by atoms with Crippen LogP contribution in [0, 0.1) is 13.8 Å². The molecule has 1 aromatic carbocycles. The quantitative estimate of drug-likeness (QED) is 0.496. The SMILES string of the molecule is CC.CC.CC(=O)Oc1cc(C)cc(C)c1C(C)(C)C. The van der Waals surface area contributed by atoms with E-state index in [9.17, 15) is 4.79 Å². The van der Waals surface area contributed by atoms with Crippen molar-refractivity contribution in [2.24, 2.45) is 0 Å². The molecule has 0 saturated carbocycles. The topological polar surface area (TPSA) is 26.3 Å². The minimum Gasteiger partial charge on any atom is -0.426 e. The molecular weight excluding hydrogens is 248 g/mol. The van der Waals surface area contributed by atoms with E-state index >= 15 is 0 Å². The van der Waals surface area contributed by atoms with Crippen LogP contribution in [0.1, 0.15) is 72.1 Å². The predicted molar refractivity (Wildman–Crippen MR) is 88.6 cm³/mol. The van der Waals surface area contributed by atoms with Crippen molar-refractivity contribution in [1.82, 2.24) is 0 Å².